The first-order valence-electron chi connectivity index (χ1n) is 13.2. The molecule has 0 amide bonds. The van der Waals surface area contributed by atoms with E-state index in [1.807, 2.05) is 6.07 Å². The summed E-state index contributed by atoms with van der Waals surface area (Å²) in [7, 11) is 0. The fourth-order valence-electron chi connectivity index (χ4n) is 5.29. The van der Waals surface area contributed by atoms with E-state index in [0.29, 0.717) is 0 Å². The molecular weight excluding hydrogens is 474 g/mol. The summed E-state index contributed by atoms with van der Waals surface area (Å²) in [4.78, 5) is 0. The number of fused-ring (bicyclic) bond motifs is 3. The number of aromatic nitrogens is 1. The summed E-state index contributed by atoms with van der Waals surface area (Å²) in [5.74, 6) is 0. The van der Waals surface area contributed by atoms with Crippen LogP contribution < -0.4 is 10.6 Å². The number of nitrogens with one attached hydrogen (secondary N) is 2. The molecule has 0 unspecified atom stereocenters. The van der Waals surface area contributed by atoms with Gasteiger partial charge in [0.2, 0.25) is 0 Å². The third-order valence-electron chi connectivity index (χ3n) is 7.16. The Labute approximate surface area is 228 Å². The van der Waals surface area contributed by atoms with E-state index in [1.54, 1.807) is 0 Å². The summed E-state index contributed by atoms with van der Waals surface area (Å²) in [5, 5.41) is 9.73. The fourth-order valence-corrected chi connectivity index (χ4v) is 5.29. The van der Waals surface area contributed by atoms with Crippen LogP contribution >= 0.6 is 0 Å². The summed E-state index contributed by atoms with van der Waals surface area (Å²) >= 11 is 0. The maximum absolute atomic E-state index is 3.66. The molecule has 0 atom stereocenters. The Hall–Kier alpha value is -5.28. The lowest BCUT2D eigenvalue weighted by atomic mass is 10.1. The molecule has 3 nitrogen and oxygen atoms in total. The van der Waals surface area contributed by atoms with E-state index in [1.165, 1.54) is 32.9 Å². The average molecular weight is 502 g/mol. The number of nitrogens with zero attached hydrogens (tertiary/aromatic N) is 1. The second-order valence-corrected chi connectivity index (χ2v) is 9.66. The molecule has 6 aromatic carbocycles. The zero-order valence-corrected chi connectivity index (χ0v) is 21.4. The summed E-state index contributed by atoms with van der Waals surface area (Å²) in [6.07, 6.45) is 0. The summed E-state index contributed by atoms with van der Waals surface area (Å²) in [6, 6.07) is 53.1. The Balaban J connectivity index is 1.21. The standard InChI is InChI=1S/C36H27N3/c1-3-11-26(12-4-1)27-19-21-28(22-20-27)37-33-16-8-9-17-34(33)38-29-23-24-36-32(25-29)31-15-7-10-18-35(31)39(36)30-13-5-2-6-14-30/h1-25,37-38H. The topological polar surface area (TPSA) is 29.0 Å². The van der Waals surface area contributed by atoms with Crippen molar-refractivity contribution in [2.45, 2.75) is 0 Å². The maximum Gasteiger partial charge on any atom is 0.0623 e. The van der Waals surface area contributed by atoms with Gasteiger partial charge in [-0.15, -0.1) is 0 Å². The van der Waals surface area contributed by atoms with Crippen molar-refractivity contribution in [3.63, 3.8) is 0 Å². The minimum absolute atomic E-state index is 1.02. The van der Waals surface area contributed by atoms with Crippen molar-refractivity contribution < 1.29 is 0 Å². The van der Waals surface area contributed by atoms with Crippen molar-refractivity contribution in [3.8, 4) is 16.8 Å². The van der Waals surface area contributed by atoms with Crippen LogP contribution in [0.3, 0.4) is 0 Å². The van der Waals surface area contributed by atoms with Crippen LogP contribution in [-0.4, -0.2) is 4.57 Å². The molecule has 0 saturated carbocycles. The normalized spacial score (nSPS) is 11.1. The average Bonchev–Trinajstić information content (AvgIpc) is 3.33. The molecule has 186 valence electrons. The third-order valence-corrected chi connectivity index (χ3v) is 7.16. The predicted molar refractivity (Wildman–Crippen MR) is 166 cm³/mol. The molecule has 0 aliphatic rings. The van der Waals surface area contributed by atoms with E-state index in [0.717, 1.165) is 28.4 Å². The molecule has 1 heterocycles. The van der Waals surface area contributed by atoms with Gasteiger partial charge >= 0.3 is 0 Å². The van der Waals surface area contributed by atoms with Gasteiger partial charge in [-0.3, -0.25) is 0 Å². The van der Waals surface area contributed by atoms with Crippen molar-refractivity contribution in [2.24, 2.45) is 0 Å². The van der Waals surface area contributed by atoms with E-state index in [2.05, 4.69) is 161 Å². The fraction of sp³-hybridized carbons (Fsp3) is 0. The molecule has 39 heavy (non-hydrogen) atoms. The number of hydrogen-bond donors (Lipinski definition) is 2. The molecule has 0 saturated heterocycles. The van der Waals surface area contributed by atoms with E-state index >= 15 is 0 Å². The van der Waals surface area contributed by atoms with Gasteiger partial charge in [0.25, 0.3) is 0 Å². The van der Waals surface area contributed by atoms with Crippen LogP contribution in [0, 0.1) is 0 Å². The maximum atomic E-state index is 3.66. The lowest BCUT2D eigenvalue weighted by Gasteiger charge is -2.15. The molecule has 2 N–H and O–H groups in total. The van der Waals surface area contributed by atoms with E-state index in [4.69, 9.17) is 0 Å². The smallest absolute Gasteiger partial charge is 0.0623 e. The Kier molecular flexibility index (Phi) is 5.80. The zero-order chi connectivity index (χ0) is 26.0. The molecule has 0 spiro atoms. The van der Waals surface area contributed by atoms with Gasteiger partial charge in [-0.05, 0) is 71.8 Å². The second kappa shape index (κ2) is 9.88. The van der Waals surface area contributed by atoms with E-state index in [-0.39, 0.29) is 0 Å². The lowest BCUT2D eigenvalue weighted by Crippen LogP contribution is -1.97. The van der Waals surface area contributed by atoms with Crippen molar-refractivity contribution >= 4 is 44.6 Å². The van der Waals surface area contributed by atoms with Crippen LogP contribution in [0.5, 0.6) is 0 Å². The van der Waals surface area contributed by atoms with Crippen molar-refractivity contribution in [2.75, 3.05) is 10.6 Å². The molecule has 1 aromatic heterocycles. The predicted octanol–water partition coefficient (Wildman–Crippen LogP) is 9.94. The Bertz CT molecular complexity index is 1890. The molecular formula is C36H27N3. The van der Waals surface area contributed by atoms with Crippen molar-refractivity contribution in [3.05, 3.63) is 152 Å². The van der Waals surface area contributed by atoms with Gasteiger partial charge < -0.3 is 15.2 Å². The van der Waals surface area contributed by atoms with Gasteiger partial charge in [-0.1, -0.05) is 91.0 Å². The van der Waals surface area contributed by atoms with E-state index in [9.17, 15) is 0 Å². The Morgan fingerprint density at radius 1 is 0.385 bits per heavy atom. The minimum Gasteiger partial charge on any atom is -0.354 e. The molecule has 0 fully saturated rings. The largest absolute Gasteiger partial charge is 0.354 e. The summed E-state index contributed by atoms with van der Waals surface area (Å²) in [5.41, 5.74) is 10.1. The minimum atomic E-state index is 1.02. The van der Waals surface area contributed by atoms with Crippen molar-refractivity contribution in [1.82, 2.24) is 4.57 Å². The molecule has 0 radical (unpaired) electrons. The van der Waals surface area contributed by atoms with Crippen LogP contribution in [0.25, 0.3) is 38.6 Å². The van der Waals surface area contributed by atoms with Gasteiger partial charge in [-0.25, -0.2) is 0 Å². The van der Waals surface area contributed by atoms with Crippen LogP contribution in [0.2, 0.25) is 0 Å². The number of anilines is 4. The van der Waals surface area contributed by atoms with Gasteiger partial charge in [0, 0.05) is 27.8 Å². The molecule has 3 heteroatoms. The quantitative estimate of drug-likeness (QED) is 0.237. The summed E-state index contributed by atoms with van der Waals surface area (Å²) < 4.78 is 2.34. The number of benzene rings is 6. The summed E-state index contributed by atoms with van der Waals surface area (Å²) in [6.45, 7) is 0. The molecule has 0 aliphatic heterocycles. The van der Waals surface area contributed by atoms with Gasteiger partial charge in [0.1, 0.15) is 0 Å². The van der Waals surface area contributed by atoms with Gasteiger partial charge in [-0.2, -0.15) is 0 Å². The first kappa shape index (κ1) is 22.9. The van der Waals surface area contributed by atoms with Gasteiger partial charge in [0.15, 0.2) is 0 Å². The SMILES string of the molecule is c1ccc(-c2ccc(Nc3ccccc3Nc3ccc4c(c3)c3ccccc3n4-c3ccccc3)cc2)cc1. The second-order valence-electron chi connectivity index (χ2n) is 9.66. The monoisotopic (exact) mass is 501 g/mol. The highest BCUT2D eigenvalue weighted by molar-refractivity contribution is 6.10. The molecule has 0 aliphatic carbocycles. The highest BCUT2D eigenvalue weighted by Gasteiger charge is 2.13. The Morgan fingerprint density at radius 3 is 1.67 bits per heavy atom. The van der Waals surface area contributed by atoms with Crippen molar-refractivity contribution in [1.29, 1.82) is 0 Å². The van der Waals surface area contributed by atoms with Crippen LogP contribution in [0.15, 0.2) is 152 Å². The first-order valence-corrected chi connectivity index (χ1v) is 13.2. The number of hydrogen-bond acceptors (Lipinski definition) is 2. The Morgan fingerprint density at radius 2 is 0.923 bits per heavy atom. The van der Waals surface area contributed by atoms with Crippen LogP contribution in [0.1, 0.15) is 0 Å². The molecule has 0 bridgehead atoms. The first-order chi connectivity index (χ1) is 19.3. The highest BCUT2D eigenvalue weighted by Crippen LogP contribution is 2.35. The molecule has 7 rings (SSSR count). The van der Waals surface area contributed by atoms with Crippen LogP contribution in [-0.2, 0) is 0 Å². The number of para-hydroxylation sites is 4. The highest BCUT2D eigenvalue weighted by atomic mass is 15.0. The van der Waals surface area contributed by atoms with Gasteiger partial charge in [0.05, 0.1) is 22.4 Å². The van der Waals surface area contributed by atoms with Crippen LogP contribution in [0.4, 0.5) is 22.7 Å². The number of rotatable bonds is 6. The van der Waals surface area contributed by atoms with E-state index < -0.39 is 0 Å². The zero-order valence-electron chi connectivity index (χ0n) is 21.4. The third kappa shape index (κ3) is 4.41. The lowest BCUT2D eigenvalue weighted by molar-refractivity contribution is 1.18. The molecule has 7 aromatic rings.